The minimum Gasteiger partial charge on any atom is -0.339 e. The standard InChI is InChI=1S/C17H27N5S/c1-14-11-21-6-2-3-16(21)13-22(14)12-15-4-5-18-17(19-15)20-7-9-23-10-8-20/h4-5,14,16H,2-3,6-13H2,1H3/t14-,16?/m0/s1. The van der Waals surface area contributed by atoms with Crippen molar-refractivity contribution in [2.75, 3.05) is 49.1 Å². The Bertz CT molecular complexity index is 533. The maximum absolute atomic E-state index is 4.86. The van der Waals surface area contributed by atoms with E-state index in [4.69, 9.17) is 4.98 Å². The first-order valence-corrected chi connectivity index (χ1v) is 10.1. The van der Waals surface area contributed by atoms with Gasteiger partial charge >= 0.3 is 0 Å². The normalized spacial score (nSPS) is 29.7. The third kappa shape index (κ3) is 3.49. The predicted octanol–water partition coefficient (Wildman–Crippen LogP) is 1.70. The minimum absolute atomic E-state index is 0.620. The molecule has 126 valence electrons. The molecule has 0 aliphatic carbocycles. The Balaban J connectivity index is 1.43. The monoisotopic (exact) mass is 333 g/mol. The lowest BCUT2D eigenvalue weighted by Gasteiger charge is -2.42. The Morgan fingerprint density at radius 1 is 1.22 bits per heavy atom. The van der Waals surface area contributed by atoms with Crippen molar-refractivity contribution in [1.29, 1.82) is 0 Å². The molecule has 1 unspecified atom stereocenters. The first kappa shape index (κ1) is 15.7. The van der Waals surface area contributed by atoms with Crippen molar-refractivity contribution in [2.45, 2.75) is 38.4 Å². The van der Waals surface area contributed by atoms with Crippen LogP contribution in [0.2, 0.25) is 0 Å². The summed E-state index contributed by atoms with van der Waals surface area (Å²) in [6.45, 7) is 9.18. The van der Waals surface area contributed by atoms with Gasteiger partial charge in [0.05, 0.1) is 5.69 Å². The van der Waals surface area contributed by atoms with Crippen molar-refractivity contribution in [1.82, 2.24) is 19.8 Å². The van der Waals surface area contributed by atoms with Crippen LogP contribution in [0.3, 0.4) is 0 Å². The second-order valence-corrected chi connectivity index (χ2v) is 8.24. The first-order valence-electron chi connectivity index (χ1n) is 8.92. The quantitative estimate of drug-likeness (QED) is 0.838. The van der Waals surface area contributed by atoms with Gasteiger partial charge in [0.15, 0.2) is 0 Å². The van der Waals surface area contributed by atoms with Crippen molar-refractivity contribution >= 4 is 17.7 Å². The maximum Gasteiger partial charge on any atom is 0.225 e. The Hall–Kier alpha value is -0.850. The topological polar surface area (TPSA) is 35.5 Å². The smallest absolute Gasteiger partial charge is 0.225 e. The highest BCUT2D eigenvalue weighted by Gasteiger charge is 2.34. The summed E-state index contributed by atoms with van der Waals surface area (Å²) in [6.07, 6.45) is 4.68. The van der Waals surface area contributed by atoms with Crippen molar-refractivity contribution in [3.63, 3.8) is 0 Å². The van der Waals surface area contributed by atoms with E-state index >= 15 is 0 Å². The average Bonchev–Trinajstić information content (AvgIpc) is 3.03. The number of fused-ring (bicyclic) bond motifs is 1. The summed E-state index contributed by atoms with van der Waals surface area (Å²) in [4.78, 5) is 17.0. The molecule has 4 heterocycles. The van der Waals surface area contributed by atoms with Crippen LogP contribution >= 0.6 is 11.8 Å². The van der Waals surface area contributed by atoms with E-state index in [9.17, 15) is 0 Å². The van der Waals surface area contributed by atoms with Crippen LogP contribution in [0.5, 0.6) is 0 Å². The first-order chi connectivity index (χ1) is 11.3. The van der Waals surface area contributed by atoms with E-state index in [2.05, 4.69) is 32.7 Å². The van der Waals surface area contributed by atoms with Gasteiger partial charge in [-0.2, -0.15) is 11.8 Å². The number of hydrogen-bond donors (Lipinski definition) is 0. The van der Waals surface area contributed by atoms with Gasteiger partial charge in [0.1, 0.15) is 0 Å². The van der Waals surface area contributed by atoms with E-state index in [0.29, 0.717) is 6.04 Å². The molecule has 23 heavy (non-hydrogen) atoms. The second-order valence-electron chi connectivity index (χ2n) is 7.02. The molecule has 0 bridgehead atoms. The van der Waals surface area contributed by atoms with Crippen LogP contribution in [0.1, 0.15) is 25.5 Å². The van der Waals surface area contributed by atoms with Crippen molar-refractivity contribution in [2.24, 2.45) is 0 Å². The number of anilines is 1. The number of piperazine rings is 1. The lowest BCUT2D eigenvalue weighted by atomic mass is 10.1. The Labute approximate surface area is 143 Å². The number of thioether (sulfide) groups is 1. The molecule has 2 atom stereocenters. The van der Waals surface area contributed by atoms with Gasteiger partial charge in [0.2, 0.25) is 5.95 Å². The number of aromatic nitrogens is 2. The Kier molecular flexibility index (Phi) is 4.73. The van der Waals surface area contributed by atoms with Crippen molar-refractivity contribution in [3.05, 3.63) is 18.0 Å². The second kappa shape index (κ2) is 6.95. The molecule has 3 saturated heterocycles. The zero-order chi connectivity index (χ0) is 15.6. The van der Waals surface area contributed by atoms with Gasteiger partial charge < -0.3 is 4.90 Å². The van der Waals surface area contributed by atoms with E-state index in [-0.39, 0.29) is 0 Å². The number of rotatable bonds is 3. The fraction of sp³-hybridized carbons (Fsp3) is 0.765. The molecule has 3 aliphatic rings. The average molecular weight is 334 g/mol. The van der Waals surface area contributed by atoms with Crippen LogP contribution in [0.25, 0.3) is 0 Å². The third-order valence-electron chi connectivity index (χ3n) is 5.43. The van der Waals surface area contributed by atoms with E-state index in [1.165, 1.54) is 49.7 Å². The fourth-order valence-corrected chi connectivity index (χ4v) is 4.97. The molecular weight excluding hydrogens is 306 g/mol. The van der Waals surface area contributed by atoms with Gasteiger partial charge in [0.25, 0.3) is 0 Å². The lowest BCUT2D eigenvalue weighted by molar-refractivity contribution is 0.0532. The summed E-state index contributed by atoms with van der Waals surface area (Å²) in [5.74, 6) is 3.30. The van der Waals surface area contributed by atoms with Crippen LogP contribution in [0.4, 0.5) is 5.95 Å². The molecule has 1 aromatic heterocycles. The molecule has 3 fully saturated rings. The summed E-state index contributed by atoms with van der Waals surface area (Å²) in [5.41, 5.74) is 1.17. The van der Waals surface area contributed by atoms with E-state index in [1.807, 2.05) is 18.0 Å². The van der Waals surface area contributed by atoms with Crippen molar-refractivity contribution < 1.29 is 0 Å². The van der Waals surface area contributed by atoms with Crippen LogP contribution < -0.4 is 4.90 Å². The molecule has 6 heteroatoms. The summed E-state index contributed by atoms with van der Waals surface area (Å²) in [7, 11) is 0. The predicted molar refractivity (Wildman–Crippen MR) is 96.0 cm³/mol. The molecule has 0 radical (unpaired) electrons. The van der Waals surface area contributed by atoms with Crippen LogP contribution in [0, 0.1) is 0 Å². The largest absolute Gasteiger partial charge is 0.339 e. The Morgan fingerprint density at radius 3 is 2.96 bits per heavy atom. The maximum atomic E-state index is 4.86. The third-order valence-corrected chi connectivity index (χ3v) is 6.37. The van der Waals surface area contributed by atoms with Gasteiger partial charge in [0, 0.05) is 62.5 Å². The fourth-order valence-electron chi connectivity index (χ4n) is 4.06. The van der Waals surface area contributed by atoms with Crippen LogP contribution in [-0.2, 0) is 6.54 Å². The molecular formula is C17H27N5S. The molecule has 3 aliphatic heterocycles. The minimum atomic E-state index is 0.620. The highest BCUT2D eigenvalue weighted by molar-refractivity contribution is 7.99. The zero-order valence-electron chi connectivity index (χ0n) is 14.0. The van der Waals surface area contributed by atoms with Crippen molar-refractivity contribution in [3.8, 4) is 0 Å². The van der Waals surface area contributed by atoms with Gasteiger partial charge in [-0.25, -0.2) is 9.97 Å². The Morgan fingerprint density at radius 2 is 2.09 bits per heavy atom. The highest BCUT2D eigenvalue weighted by atomic mass is 32.2. The molecule has 0 spiro atoms. The van der Waals surface area contributed by atoms with Gasteiger partial charge in [-0.15, -0.1) is 0 Å². The summed E-state index contributed by atoms with van der Waals surface area (Å²) < 4.78 is 0. The summed E-state index contributed by atoms with van der Waals surface area (Å²) >= 11 is 2.03. The van der Waals surface area contributed by atoms with E-state index in [1.54, 1.807) is 0 Å². The lowest BCUT2D eigenvalue weighted by Crippen LogP contribution is -2.54. The molecule has 0 aromatic carbocycles. The highest BCUT2D eigenvalue weighted by Crippen LogP contribution is 2.25. The molecule has 0 amide bonds. The molecule has 5 nitrogen and oxygen atoms in total. The van der Waals surface area contributed by atoms with E-state index < -0.39 is 0 Å². The molecule has 4 rings (SSSR count). The number of hydrogen-bond acceptors (Lipinski definition) is 6. The number of nitrogens with zero attached hydrogens (tertiary/aromatic N) is 5. The summed E-state index contributed by atoms with van der Waals surface area (Å²) in [6, 6.07) is 3.48. The van der Waals surface area contributed by atoms with Crippen LogP contribution in [0.15, 0.2) is 12.3 Å². The van der Waals surface area contributed by atoms with Gasteiger partial charge in [-0.1, -0.05) is 0 Å². The van der Waals surface area contributed by atoms with E-state index in [0.717, 1.165) is 31.6 Å². The van der Waals surface area contributed by atoms with Crippen LogP contribution in [-0.4, -0.2) is 76.1 Å². The van der Waals surface area contributed by atoms with Gasteiger partial charge in [-0.05, 0) is 32.4 Å². The molecule has 0 N–H and O–H groups in total. The van der Waals surface area contributed by atoms with Gasteiger partial charge in [-0.3, -0.25) is 9.80 Å². The zero-order valence-corrected chi connectivity index (χ0v) is 14.8. The molecule has 0 saturated carbocycles. The summed E-state index contributed by atoms with van der Waals surface area (Å²) in [5, 5.41) is 0. The molecule has 1 aromatic rings. The SMILES string of the molecule is C[C@H]1CN2CCCC2CN1Cc1ccnc(N2CCSCC2)n1.